The molecule has 1 amide bonds. The van der Waals surface area contributed by atoms with Crippen LogP contribution in [-0.4, -0.2) is 41.9 Å². The molecule has 0 aliphatic rings. The molecule has 0 saturated carbocycles. The van der Waals surface area contributed by atoms with E-state index in [9.17, 15) is 9.59 Å². The molecule has 0 aromatic carbocycles. The van der Waals surface area contributed by atoms with Crippen LogP contribution in [0.3, 0.4) is 0 Å². The Morgan fingerprint density at radius 1 is 1.33 bits per heavy atom. The van der Waals surface area contributed by atoms with Gasteiger partial charge in [-0.25, -0.2) is 14.6 Å². The quantitative estimate of drug-likeness (QED) is 0.500. The van der Waals surface area contributed by atoms with E-state index in [-0.39, 0.29) is 19.1 Å². The lowest BCUT2D eigenvalue weighted by Crippen LogP contribution is -2.48. The minimum absolute atomic E-state index is 0.160. The van der Waals surface area contributed by atoms with Crippen LogP contribution < -0.4 is 5.32 Å². The fourth-order valence-corrected chi connectivity index (χ4v) is 2.18. The van der Waals surface area contributed by atoms with E-state index < -0.39 is 29.8 Å². The maximum absolute atomic E-state index is 12.3. The highest BCUT2D eigenvalue weighted by atomic mass is 127. The van der Waals surface area contributed by atoms with Crippen LogP contribution in [0.25, 0.3) is 0 Å². The fourth-order valence-electron chi connectivity index (χ4n) is 1.81. The van der Waals surface area contributed by atoms with Crippen LogP contribution in [0.1, 0.15) is 46.6 Å². The lowest BCUT2D eigenvalue weighted by Gasteiger charge is -2.26. The molecule has 0 fully saturated rings. The molecule has 1 N–H and O–H groups in total. The predicted molar refractivity (Wildman–Crippen MR) is 93.4 cm³/mol. The Hall–Kier alpha value is -1.36. The number of carbonyl (C=O) groups is 2. The second kappa shape index (κ2) is 9.21. The Morgan fingerprint density at radius 2 is 2.00 bits per heavy atom. The molecule has 9 heteroatoms. The molecule has 0 radical (unpaired) electrons. The van der Waals surface area contributed by atoms with Crippen LogP contribution in [0, 0.1) is 3.70 Å². The monoisotopic (exact) mass is 454 g/mol. The van der Waals surface area contributed by atoms with Crippen molar-refractivity contribution in [2.75, 3.05) is 13.2 Å². The lowest BCUT2D eigenvalue weighted by atomic mass is 10.1. The van der Waals surface area contributed by atoms with Gasteiger partial charge < -0.3 is 23.9 Å². The maximum Gasteiger partial charge on any atom is 0.408 e. The molecule has 0 spiro atoms. The summed E-state index contributed by atoms with van der Waals surface area (Å²) < 4.78 is 21.7. The van der Waals surface area contributed by atoms with E-state index in [1.165, 1.54) is 6.26 Å². The number of esters is 1. The zero-order chi connectivity index (χ0) is 18.3. The number of oxazole rings is 1. The van der Waals surface area contributed by atoms with Crippen molar-refractivity contribution in [1.82, 2.24) is 10.3 Å². The van der Waals surface area contributed by atoms with Crippen molar-refractivity contribution in [3.05, 3.63) is 15.9 Å². The van der Waals surface area contributed by atoms with Crippen molar-refractivity contribution in [1.29, 1.82) is 0 Å². The summed E-state index contributed by atoms with van der Waals surface area (Å²) in [6.45, 7) is 9.05. The van der Waals surface area contributed by atoms with E-state index in [1.54, 1.807) is 34.6 Å². The summed E-state index contributed by atoms with van der Waals surface area (Å²) >= 11 is 1.97. The van der Waals surface area contributed by atoms with Crippen molar-refractivity contribution in [2.24, 2.45) is 0 Å². The summed E-state index contributed by atoms with van der Waals surface area (Å²) in [7, 11) is 0. The van der Waals surface area contributed by atoms with Crippen LogP contribution in [-0.2, 0) is 19.0 Å². The highest BCUT2D eigenvalue weighted by Gasteiger charge is 2.37. The number of ether oxygens (including phenoxy) is 3. The first-order chi connectivity index (χ1) is 11.2. The molecular weight excluding hydrogens is 431 g/mol. The second-order valence-electron chi connectivity index (χ2n) is 5.76. The highest BCUT2D eigenvalue weighted by Crippen LogP contribution is 2.23. The molecule has 0 saturated heterocycles. The van der Waals surface area contributed by atoms with Gasteiger partial charge in [0.05, 0.1) is 6.61 Å². The number of halogens is 1. The van der Waals surface area contributed by atoms with Gasteiger partial charge in [0.1, 0.15) is 15.6 Å². The smallest absolute Gasteiger partial charge is 0.408 e. The molecule has 0 aliphatic heterocycles. The Bertz CT molecular complexity index is 554. The van der Waals surface area contributed by atoms with Gasteiger partial charge in [-0.15, -0.1) is 0 Å². The molecule has 2 atom stereocenters. The van der Waals surface area contributed by atoms with Crippen LogP contribution in [0.2, 0.25) is 0 Å². The number of aromatic nitrogens is 1. The predicted octanol–water partition coefficient (Wildman–Crippen LogP) is 2.81. The number of hydrogen-bond donors (Lipinski definition) is 1. The van der Waals surface area contributed by atoms with Crippen LogP contribution >= 0.6 is 22.6 Å². The van der Waals surface area contributed by atoms with Gasteiger partial charge in [-0.2, -0.15) is 0 Å². The molecule has 1 rings (SSSR count). The summed E-state index contributed by atoms with van der Waals surface area (Å²) in [5.74, 6) is -0.481. The van der Waals surface area contributed by atoms with Crippen molar-refractivity contribution >= 4 is 34.7 Å². The van der Waals surface area contributed by atoms with Gasteiger partial charge >= 0.3 is 12.1 Å². The topological polar surface area (TPSA) is 99.9 Å². The number of carbonyl (C=O) groups excluding carboxylic acids is 2. The van der Waals surface area contributed by atoms with Crippen molar-refractivity contribution in [2.45, 2.75) is 52.4 Å². The number of rotatable bonds is 7. The Labute approximate surface area is 154 Å². The third-order valence-electron chi connectivity index (χ3n) is 2.60. The normalized spacial score (nSPS) is 13.9. The van der Waals surface area contributed by atoms with Gasteiger partial charge in [-0.3, -0.25) is 0 Å². The summed E-state index contributed by atoms with van der Waals surface area (Å²) in [5.41, 5.74) is -0.706. The molecule has 0 aliphatic carbocycles. The Kier molecular flexibility index (Phi) is 7.94. The average Bonchev–Trinajstić information content (AvgIpc) is 2.87. The van der Waals surface area contributed by atoms with Gasteiger partial charge in [0.2, 0.25) is 5.89 Å². The minimum Gasteiger partial charge on any atom is -0.464 e. The first kappa shape index (κ1) is 20.7. The van der Waals surface area contributed by atoms with Crippen molar-refractivity contribution in [3.63, 3.8) is 0 Å². The van der Waals surface area contributed by atoms with Gasteiger partial charge in [-0.1, -0.05) is 0 Å². The van der Waals surface area contributed by atoms with E-state index in [4.69, 9.17) is 18.6 Å². The number of nitrogens with zero attached hydrogens (tertiary/aromatic N) is 1. The maximum atomic E-state index is 12.3. The molecule has 1 aromatic rings. The minimum atomic E-state index is -1.14. The Balaban J connectivity index is 3.04. The molecular formula is C15H23IN2O6. The van der Waals surface area contributed by atoms with Crippen LogP contribution in [0.5, 0.6) is 0 Å². The second-order valence-corrected chi connectivity index (χ2v) is 6.87. The standard InChI is InChI=1S/C15H23IN2O6/c1-6-21-11(12-17-9(16)8-23-12)10(13(19)22-7-2)18-14(20)24-15(3,4)5/h8,10-11H,6-7H2,1-5H3,(H,18,20)/t10-,11-/m0/s1. The molecule has 1 aromatic heterocycles. The van der Waals surface area contributed by atoms with Gasteiger partial charge in [-0.05, 0) is 57.2 Å². The zero-order valence-corrected chi connectivity index (χ0v) is 16.6. The fraction of sp³-hybridized carbons (Fsp3) is 0.667. The summed E-state index contributed by atoms with van der Waals surface area (Å²) in [6, 6.07) is -1.14. The summed E-state index contributed by atoms with van der Waals surface area (Å²) in [6.07, 6.45) is -0.256. The van der Waals surface area contributed by atoms with E-state index in [0.717, 1.165) is 0 Å². The third kappa shape index (κ3) is 6.63. The number of alkyl carbamates (subject to hydrolysis) is 1. The molecule has 24 heavy (non-hydrogen) atoms. The molecule has 136 valence electrons. The van der Waals surface area contributed by atoms with E-state index >= 15 is 0 Å². The SMILES string of the molecule is CCOC(=O)[C@@H](NC(=O)OC(C)(C)C)[C@H](OCC)c1nc(I)co1. The third-order valence-corrected chi connectivity index (χ3v) is 3.09. The zero-order valence-electron chi connectivity index (χ0n) is 14.4. The molecule has 0 bridgehead atoms. The lowest BCUT2D eigenvalue weighted by molar-refractivity contribution is -0.151. The number of nitrogens with one attached hydrogen (secondary N) is 1. The molecule has 1 heterocycles. The van der Waals surface area contributed by atoms with Crippen LogP contribution in [0.4, 0.5) is 4.79 Å². The van der Waals surface area contributed by atoms with E-state index in [2.05, 4.69) is 10.3 Å². The number of amides is 1. The number of hydrogen-bond acceptors (Lipinski definition) is 7. The molecule has 0 unspecified atom stereocenters. The summed E-state index contributed by atoms with van der Waals surface area (Å²) in [5, 5.41) is 2.49. The van der Waals surface area contributed by atoms with Gasteiger partial charge in [0, 0.05) is 6.61 Å². The van der Waals surface area contributed by atoms with E-state index in [1.807, 2.05) is 22.6 Å². The van der Waals surface area contributed by atoms with Gasteiger partial charge in [0.25, 0.3) is 0 Å². The van der Waals surface area contributed by atoms with Crippen LogP contribution in [0.15, 0.2) is 10.7 Å². The first-order valence-corrected chi connectivity index (χ1v) is 8.64. The average molecular weight is 454 g/mol. The highest BCUT2D eigenvalue weighted by molar-refractivity contribution is 14.1. The van der Waals surface area contributed by atoms with Crippen molar-refractivity contribution < 1.29 is 28.2 Å². The summed E-state index contributed by atoms with van der Waals surface area (Å²) in [4.78, 5) is 28.5. The van der Waals surface area contributed by atoms with Gasteiger partial charge in [0.15, 0.2) is 12.1 Å². The largest absolute Gasteiger partial charge is 0.464 e. The first-order valence-electron chi connectivity index (χ1n) is 7.56. The Morgan fingerprint density at radius 3 is 2.46 bits per heavy atom. The van der Waals surface area contributed by atoms with E-state index in [0.29, 0.717) is 3.70 Å². The molecule has 8 nitrogen and oxygen atoms in total. The van der Waals surface area contributed by atoms with Crippen molar-refractivity contribution in [3.8, 4) is 0 Å².